The minimum absolute atomic E-state index is 0.0807. The Kier molecular flexibility index (Phi) is 13.6. The number of nitrogens with one attached hydrogen (secondary N) is 3. The summed E-state index contributed by atoms with van der Waals surface area (Å²) in [5, 5.41) is 13.0. The molecule has 14 nitrogen and oxygen atoms in total. The normalized spacial score (nSPS) is 14.7. The zero-order chi connectivity index (χ0) is 35.3. The maximum Gasteiger partial charge on any atom is 0.280 e. The van der Waals surface area contributed by atoms with E-state index in [-0.39, 0.29) is 40.8 Å². The third kappa shape index (κ3) is 10.5. The highest BCUT2D eigenvalue weighted by Gasteiger charge is 2.34. The molecule has 15 heteroatoms. The van der Waals surface area contributed by atoms with Gasteiger partial charge in [0.25, 0.3) is 5.91 Å². The van der Waals surface area contributed by atoms with Crippen molar-refractivity contribution in [2.45, 2.75) is 44.6 Å². The van der Waals surface area contributed by atoms with Crippen molar-refractivity contribution in [2.24, 2.45) is 5.73 Å². The Hall–Kier alpha value is -4.92. The topological polar surface area (TPSA) is 227 Å². The molecule has 2 aromatic carbocycles. The van der Waals surface area contributed by atoms with E-state index in [0.29, 0.717) is 45.4 Å². The first kappa shape index (κ1) is 36.9. The van der Waals surface area contributed by atoms with Crippen molar-refractivity contribution in [3.8, 4) is 11.1 Å². The number of guanidine groups is 1. The Morgan fingerprint density at radius 2 is 1.57 bits per heavy atom. The number of carbonyl (C=O) groups excluding carboxylic acids is 4. The lowest BCUT2D eigenvalue weighted by Gasteiger charge is -2.40. The van der Waals surface area contributed by atoms with Crippen LogP contribution in [-0.2, 0) is 27.2 Å². The molecule has 3 aromatic rings. The number of Topliss-reactive ketones (excluding diaryl/α,β-unsaturated/α-hetero) is 1. The molecular weight excluding hydrogens is 648 g/mol. The standard InChI is InChI=1S/C34H43ClN10O4/c35-30-32(38)42-31(37)29(41-30)33(49)43-34(39)40-16-2-1-4-22-5-10-24(11-6-22)25-12-7-23(8-13-25)9-14-28(48)45-19-18-44(17-3-15-36)20-26(45)27(47)21-46/h5-8,10-13,21,26H,1-4,9,14-20,36H2,(H4,37,38,42)(H3,39,40,43,49)/t26-/m1/s1. The van der Waals surface area contributed by atoms with Gasteiger partial charge in [-0.15, -0.1) is 0 Å². The monoisotopic (exact) mass is 690 g/mol. The number of hydrogen-bond acceptors (Lipinski definition) is 11. The molecule has 1 aromatic heterocycles. The summed E-state index contributed by atoms with van der Waals surface area (Å²) < 4.78 is 0. The van der Waals surface area contributed by atoms with Crippen molar-refractivity contribution in [1.29, 1.82) is 5.41 Å². The van der Waals surface area contributed by atoms with Crippen molar-refractivity contribution in [3.63, 3.8) is 0 Å². The Labute approximate surface area is 290 Å². The number of nitrogen functional groups attached to an aromatic ring is 2. The molecule has 1 saturated heterocycles. The summed E-state index contributed by atoms with van der Waals surface area (Å²) in [4.78, 5) is 60.2. The predicted molar refractivity (Wildman–Crippen MR) is 189 cm³/mol. The van der Waals surface area contributed by atoms with Gasteiger partial charge < -0.3 is 27.4 Å². The number of benzene rings is 2. The minimum atomic E-state index is -0.744. The second-order valence-corrected chi connectivity index (χ2v) is 12.2. The number of nitrogens with two attached hydrogens (primary N) is 3. The number of piperazine rings is 1. The molecule has 0 aliphatic carbocycles. The van der Waals surface area contributed by atoms with Gasteiger partial charge in [0.15, 0.2) is 34.7 Å². The van der Waals surface area contributed by atoms with Crippen LogP contribution in [0.5, 0.6) is 0 Å². The fourth-order valence-corrected chi connectivity index (χ4v) is 5.72. The van der Waals surface area contributed by atoms with Gasteiger partial charge in [0.2, 0.25) is 11.7 Å². The van der Waals surface area contributed by atoms with Crippen LogP contribution in [0.25, 0.3) is 11.1 Å². The number of hydrogen-bond donors (Lipinski definition) is 6. The molecular formula is C34H43ClN10O4. The second kappa shape index (κ2) is 18.0. The van der Waals surface area contributed by atoms with Gasteiger partial charge in [-0.3, -0.25) is 34.8 Å². The molecule has 1 aliphatic rings. The Balaban J connectivity index is 1.18. The summed E-state index contributed by atoms with van der Waals surface area (Å²) in [6, 6.07) is 15.7. The van der Waals surface area contributed by atoms with Crippen molar-refractivity contribution < 1.29 is 19.2 Å². The van der Waals surface area contributed by atoms with Gasteiger partial charge >= 0.3 is 0 Å². The maximum atomic E-state index is 13.1. The van der Waals surface area contributed by atoms with E-state index in [9.17, 15) is 19.2 Å². The van der Waals surface area contributed by atoms with Gasteiger partial charge in [-0.1, -0.05) is 60.1 Å². The van der Waals surface area contributed by atoms with E-state index in [1.165, 1.54) is 5.56 Å². The van der Waals surface area contributed by atoms with Gasteiger partial charge in [-0.05, 0) is 67.4 Å². The largest absolute Gasteiger partial charge is 0.382 e. The lowest BCUT2D eigenvalue weighted by atomic mass is 9.99. The van der Waals surface area contributed by atoms with Crippen LogP contribution < -0.4 is 27.8 Å². The number of aromatic nitrogens is 2. The molecule has 9 N–H and O–H groups in total. The van der Waals surface area contributed by atoms with Crippen molar-refractivity contribution in [2.75, 3.05) is 50.7 Å². The molecule has 4 rings (SSSR count). The molecule has 0 unspecified atom stereocenters. The SMILES string of the molecule is N=C(NCCCCc1ccc(-c2ccc(CCC(=O)N3CCN(CCCN)C[C@@H]3C(=O)C=O)cc2)cc1)NC(=O)c1nc(Cl)c(N)nc1N. The quantitative estimate of drug-likeness (QED) is 0.0443. The number of ketones is 1. The Morgan fingerprint density at radius 1 is 0.918 bits per heavy atom. The zero-order valence-corrected chi connectivity index (χ0v) is 28.0. The van der Waals surface area contributed by atoms with Crippen molar-refractivity contribution >= 4 is 53.1 Å². The summed E-state index contributed by atoms with van der Waals surface area (Å²) >= 11 is 5.81. The first-order valence-corrected chi connectivity index (χ1v) is 16.6. The highest BCUT2D eigenvalue weighted by Crippen LogP contribution is 2.22. The number of aryl methyl sites for hydroxylation is 2. The summed E-state index contributed by atoms with van der Waals surface area (Å²) in [5.74, 6) is -1.85. The summed E-state index contributed by atoms with van der Waals surface area (Å²) in [7, 11) is 0. The molecule has 2 amide bonds. The molecule has 0 bridgehead atoms. The molecule has 0 radical (unpaired) electrons. The van der Waals surface area contributed by atoms with E-state index in [1.54, 1.807) is 4.90 Å². The van der Waals surface area contributed by atoms with Gasteiger partial charge in [-0.2, -0.15) is 0 Å². The molecule has 260 valence electrons. The van der Waals surface area contributed by atoms with Crippen LogP contribution in [0.1, 0.15) is 47.3 Å². The van der Waals surface area contributed by atoms with Crippen LogP contribution >= 0.6 is 11.6 Å². The lowest BCUT2D eigenvalue weighted by Crippen LogP contribution is -2.58. The van der Waals surface area contributed by atoms with Crippen molar-refractivity contribution in [3.05, 3.63) is 70.5 Å². The Bertz CT molecular complexity index is 1640. The average molecular weight is 691 g/mol. The average Bonchev–Trinajstić information content (AvgIpc) is 3.11. The number of anilines is 2. The van der Waals surface area contributed by atoms with Crippen LogP contribution in [0, 0.1) is 5.41 Å². The van der Waals surface area contributed by atoms with E-state index < -0.39 is 17.7 Å². The van der Waals surface area contributed by atoms with Crippen molar-refractivity contribution in [1.82, 2.24) is 30.4 Å². The smallest absolute Gasteiger partial charge is 0.280 e. The summed E-state index contributed by atoms with van der Waals surface area (Å²) in [6.45, 7) is 3.20. The lowest BCUT2D eigenvalue weighted by molar-refractivity contribution is -0.144. The number of amides is 2. The van der Waals surface area contributed by atoms with Gasteiger partial charge in [-0.25, -0.2) is 9.97 Å². The third-order valence-corrected chi connectivity index (χ3v) is 8.61. The van der Waals surface area contributed by atoms with Crippen LogP contribution in [0.2, 0.25) is 5.15 Å². The van der Waals surface area contributed by atoms with E-state index in [2.05, 4.69) is 49.8 Å². The highest BCUT2D eigenvalue weighted by atomic mass is 35.5. The first-order chi connectivity index (χ1) is 23.6. The van der Waals surface area contributed by atoms with Gasteiger partial charge in [0.05, 0.1) is 0 Å². The number of halogens is 1. The Morgan fingerprint density at radius 3 is 2.20 bits per heavy atom. The van der Waals surface area contributed by atoms with Gasteiger partial charge in [0, 0.05) is 32.6 Å². The van der Waals surface area contributed by atoms with Crippen LogP contribution in [0.3, 0.4) is 0 Å². The third-order valence-electron chi connectivity index (χ3n) is 8.33. The van der Waals surface area contributed by atoms with Crippen LogP contribution in [-0.4, -0.2) is 94.9 Å². The molecule has 1 aliphatic heterocycles. The van der Waals surface area contributed by atoms with E-state index in [4.69, 9.17) is 34.2 Å². The van der Waals surface area contributed by atoms with E-state index >= 15 is 0 Å². The van der Waals surface area contributed by atoms with E-state index in [1.807, 2.05) is 24.3 Å². The van der Waals surface area contributed by atoms with Crippen LogP contribution in [0.4, 0.5) is 11.6 Å². The first-order valence-electron chi connectivity index (χ1n) is 16.2. The minimum Gasteiger partial charge on any atom is -0.382 e. The highest BCUT2D eigenvalue weighted by molar-refractivity contribution is 6.31. The molecule has 0 saturated carbocycles. The number of nitrogens with zero attached hydrogens (tertiary/aromatic N) is 4. The second-order valence-electron chi connectivity index (χ2n) is 11.8. The molecule has 1 atom stereocenters. The van der Waals surface area contributed by atoms with E-state index in [0.717, 1.165) is 48.9 Å². The fraction of sp³-hybridized carbons (Fsp3) is 0.382. The summed E-state index contributed by atoms with van der Waals surface area (Å²) in [6.07, 6.45) is 4.41. The maximum absolute atomic E-state index is 13.1. The number of aldehydes is 1. The molecule has 2 heterocycles. The molecule has 49 heavy (non-hydrogen) atoms. The molecule has 0 spiro atoms. The number of rotatable bonds is 15. The number of unbranched alkanes of at least 4 members (excludes halogenated alkanes) is 1. The summed E-state index contributed by atoms with van der Waals surface area (Å²) in [5.41, 5.74) is 20.9. The predicted octanol–water partition coefficient (Wildman–Crippen LogP) is 1.80. The zero-order valence-electron chi connectivity index (χ0n) is 27.3. The number of carbonyl (C=O) groups is 4. The van der Waals surface area contributed by atoms with Crippen LogP contribution in [0.15, 0.2) is 48.5 Å². The van der Waals surface area contributed by atoms with Gasteiger partial charge in [0.1, 0.15) is 6.04 Å². The fourth-order valence-electron chi connectivity index (χ4n) is 5.59. The molecule has 1 fully saturated rings.